The monoisotopic (exact) mass is 251 g/mol. The fraction of sp³-hybridized carbons (Fsp3) is 0.0667. The van der Waals surface area contributed by atoms with Crippen LogP contribution in [0, 0.1) is 6.92 Å². The third kappa shape index (κ3) is 2.20. The Balaban J connectivity index is 2.09. The van der Waals surface area contributed by atoms with Gasteiger partial charge < -0.3 is 10.5 Å². The van der Waals surface area contributed by atoms with E-state index in [2.05, 4.69) is 9.97 Å². The molecule has 0 fully saturated rings. The standard InChI is InChI=1S/C15H13N3O/c1-10-6-8-17-14(9-10)19-13-5-4-12(16)11-3-2-7-18-15(11)13/h2-9H,16H2,1H3. The highest BCUT2D eigenvalue weighted by atomic mass is 16.5. The van der Waals surface area contributed by atoms with Crippen molar-refractivity contribution in [1.29, 1.82) is 0 Å². The summed E-state index contributed by atoms with van der Waals surface area (Å²) in [5.74, 6) is 1.21. The summed E-state index contributed by atoms with van der Waals surface area (Å²) in [7, 11) is 0. The quantitative estimate of drug-likeness (QED) is 0.710. The van der Waals surface area contributed by atoms with E-state index >= 15 is 0 Å². The smallest absolute Gasteiger partial charge is 0.219 e. The summed E-state index contributed by atoms with van der Waals surface area (Å²) in [6.45, 7) is 1.99. The molecule has 0 bridgehead atoms. The van der Waals surface area contributed by atoms with E-state index in [4.69, 9.17) is 10.5 Å². The Kier molecular flexibility index (Phi) is 2.76. The molecular weight excluding hydrogens is 238 g/mol. The molecule has 0 radical (unpaired) electrons. The van der Waals surface area contributed by atoms with Crippen molar-refractivity contribution in [2.75, 3.05) is 5.73 Å². The van der Waals surface area contributed by atoms with E-state index in [-0.39, 0.29) is 0 Å². The van der Waals surface area contributed by atoms with Gasteiger partial charge in [0.2, 0.25) is 5.88 Å². The Bertz CT molecular complexity index is 740. The van der Waals surface area contributed by atoms with Gasteiger partial charge in [-0.25, -0.2) is 4.98 Å². The molecule has 0 atom stereocenters. The molecule has 2 aromatic heterocycles. The fourth-order valence-electron chi connectivity index (χ4n) is 1.93. The van der Waals surface area contributed by atoms with Crippen LogP contribution in [0.3, 0.4) is 0 Å². The van der Waals surface area contributed by atoms with Gasteiger partial charge in [-0.1, -0.05) is 0 Å². The first-order valence-corrected chi connectivity index (χ1v) is 5.98. The fourth-order valence-corrected chi connectivity index (χ4v) is 1.93. The molecule has 94 valence electrons. The van der Waals surface area contributed by atoms with Gasteiger partial charge in [0.1, 0.15) is 5.52 Å². The average Bonchev–Trinajstić information content (AvgIpc) is 2.42. The normalized spacial score (nSPS) is 10.6. The zero-order valence-corrected chi connectivity index (χ0v) is 10.5. The van der Waals surface area contributed by atoms with Crippen molar-refractivity contribution < 1.29 is 4.74 Å². The lowest BCUT2D eigenvalue weighted by Gasteiger charge is -2.09. The number of hydrogen-bond donors (Lipinski definition) is 1. The third-order valence-electron chi connectivity index (χ3n) is 2.87. The molecule has 0 unspecified atom stereocenters. The lowest BCUT2D eigenvalue weighted by Crippen LogP contribution is -1.93. The van der Waals surface area contributed by atoms with E-state index in [0.717, 1.165) is 16.5 Å². The summed E-state index contributed by atoms with van der Waals surface area (Å²) in [5, 5.41) is 0.882. The molecule has 0 spiro atoms. The highest BCUT2D eigenvalue weighted by Crippen LogP contribution is 2.30. The van der Waals surface area contributed by atoms with Crippen molar-refractivity contribution >= 4 is 16.6 Å². The number of nitrogen functional groups attached to an aromatic ring is 1. The highest BCUT2D eigenvalue weighted by molar-refractivity contribution is 5.94. The van der Waals surface area contributed by atoms with Crippen LogP contribution in [0.25, 0.3) is 10.9 Å². The van der Waals surface area contributed by atoms with Crippen LogP contribution in [0.1, 0.15) is 5.56 Å². The SMILES string of the molecule is Cc1ccnc(Oc2ccc(N)c3cccnc23)c1. The Morgan fingerprint density at radius 3 is 2.79 bits per heavy atom. The molecule has 0 aliphatic heterocycles. The number of pyridine rings is 2. The van der Waals surface area contributed by atoms with Gasteiger partial charge in [-0.05, 0) is 42.8 Å². The van der Waals surface area contributed by atoms with Crippen molar-refractivity contribution in [2.24, 2.45) is 0 Å². The predicted molar refractivity (Wildman–Crippen MR) is 75.2 cm³/mol. The van der Waals surface area contributed by atoms with Crippen LogP contribution < -0.4 is 10.5 Å². The minimum atomic E-state index is 0.553. The van der Waals surface area contributed by atoms with Crippen LogP contribution in [0.2, 0.25) is 0 Å². The van der Waals surface area contributed by atoms with Crippen LogP contribution in [-0.4, -0.2) is 9.97 Å². The van der Waals surface area contributed by atoms with Crippen molar-refractivity contribution in [2.45, 2.75) is 6.92 Å². The van der Waals surface area contributed by atoms with Gasteiger partial charge in [-0.15, -0.1) is 0 Å². The van der Waals surface area contributed by atoms with Crippen molar-refractivity contribution in [3.8, 4) is 11.6 Å². The zero-order chi connectivity index (χ0) is 13.2. The van der Waals surface area contributed by atoms with Crippen LogP contribution in [0.15, 0.2) is 48.8 Å². The lowest BCUT2D eigenvalue weighted by atomic mass is 10.1. The number of aromatic nitrogens is 2. The van der Waals surface area contributed by atoms with E-state index in [9.17, 15) is 0 Å². The lowest BCUT2D eigenvalue weighted by molar-refractivity contribution is 0.467. The molecule has 0 aliphatic carbocycles. The van der Waals surface area contributed by atoms with E-state index < -0.39 is 0 Å². The summed E-state index contributed by atoms with van der Waals surface area (Å²) in [6, 6.07) is 11.2. The van der Waals surface area contributed by atoms with Gasteiger partial charge in [0.15, 0.2) is 5.75 Å². The minimum Gasteiger partial charge on any atom is -0.437 e. The van der Waals surface area contributed by atoms with Gasteiger partial charge in [0.25, 0.3) is 0 Å². The predicted octanol–water partition coefficient (Wildman–Crippen LogP) is 3.31. The molecule has 19 heavy (non-hydrogen) atoms. The van der Waals surface area contributed by atoms with Gasteiger partial charge in [0, 0.05) is 29.5 Å². The van der Waals surface area contributed by atoms with E-state index in [0.29, 0.717) is 17.3 Å². The molecule has 3 rings (SSSR count). The first-order chi connectivity index (χ1) is 9.24. The second-order valence-corrected chi connectivity index (χ2v) is 4.33. The molecule has 3 aromatic rings. The molecule has 4 nitrogen and oxygen atoms in total. The van der Waals surface area contributed by atoms with E-state index in [1.54, 1.807) is 12.4 Å². The van der Waals surface area contributed by atoms with Crippen molar-refractivity contribution in [3.05, 3.63) is 54.4 Å². The molecular formula is C15H13N3O. The Hall–Kier alpha value is -2.62. The van der Waals surface area contributed by atoms with Crippen molar-refractivity contribution in [1.82, 2.24) is 9.97 Å². The Morgan fingerprint density at radius 2 is 1.95 bits per heavy atom. The molecule has 4 heteroatoms. The number of rotatable bonds is 2. The Morgan fingerprint density at radius 1 is 1.05 bits per heavy atom. The van der Waals surface area contributed by atoms with E-state index in [1.807, 2.05) is 43.3 Å². The maximum absolute atomic E-state index is 5.93. The van der Waals surface area contributed by atoms with Gasteiger partial charge in [-0.2, -0.15) is 0 Å². The van der Waals surface area contributed by atoms with Gasteiger partial charge >= 0.3 is 0 Å². The average molecular weight is 251 g/mol. The summed E-state index contributed by atoms with van der Waals surface area (Å²) in [6.07, 6.45) is 3.44. The van der Waals surface area contributed by atoms with E-state index in [1.165, 1.54) is 0 Å². The molecule has 0 saturated heterocycles. The highest BCUT2D eigenvalue weighted by Gasteiger charge is 2.07. The number of fused-ring (bicyclic) bond motifs is 1. The summed E-state index contributed by atoms with van der Waals surface area (Å²) in [4.78, 5) is 8.51. The van der Waals surface area contributed by atoms with Gasteiger partial charge in [-0.3, -0.25) is 4.98 Å². The number of aryl methyl sites for hydroxylation is 1. The number of anilines is 1. The number of nitrogens with two attached hydrogens (primary N) is 1. The van der Waals surface area contributed by atoms with Gasteiger partial charge in [0.05, 0.1) is 0 Å². The van der Waals surface area contributed by atoms with Crippen LogP contribution in [0.5, 0.6) is 11.6 Å². The molecule has 0 aliphatic rings. The van der Waals surface area contributed by atoms with Crippen LogP contribution >= 0.6 is 0 Å². The molecule has 1 aromatic carbocycles. The largest absolute Gasteiger partial charge is 0.437 e. The molecule has 0 saturated carbocycles. The second-order valence-electron chi connectivity index (χ2n) is 4.33. The summed E-state index contributed by atoms with van der Waals surface area (Å²) < 4.78 is 5.80. The molecule has 2 heterocycles. The molecule has 2 N–H and O–H groups in total. The van der Waals surface area contributed by atoms with Crippen molar-refractivity contribution in [3.63, 3.8) is 0 Å². The number of ether oxygens (including phenoxy) is 1. The third-order valence-corrected chi connectivity index (χ3v) is 2.87. The minimum absolute atomic E-state index is 0.553. The topological polar surface area (TPSA) is 61.0 Å². The molecule has 0 amide bonds. The summed E-state index contributed by atoms with van der Waals surface area (Å²) >= 11 is 0. The first kappa shape index (κ1) is 11.5. The maximum Gasteiger partial charge on any atom is 0.219 e. The number of hydrogen-bond acceptors (Lipinski definition) is 4. The van der Waals surface area contributed by atoms with Crippen LogP contribution in [-0.2, 0) is 0 Å². The Labute approximate surface area is 110 Å². The summed E-state index contributed by atoms with van der Waals surface area (Å²) in [5.41, 5.74) is 8.46. The maximum atomic E-state index is 5.93. The zero-order valence-electron chi connectivity index (χ0n) is 10.5. The number of benzene rings is 1. The van der Waals surface area contributed by atoms with Crippen LogP contribution in [0.4, 0.5) is 5.69 Å². The second kappa shape index (κ2) is 4.57. The first-order valence-electron chi connectivity index (χ1n) is 5.98. The number of nitrogens with zero attached hydrogens (tertiary/aromatic N) is 2.